The van der Waals surface area contributed by atoms with E-state index in [-0.39, 0.29) is 16.6 Å². The molecule has 0 amide bonds. The number of hydrogen-bond donors (Lipinski definition) is 1. The lowest BCUT2D eigenvalue weighted by molar-refractivity contribution is 0.328. The third-order valence-corrected chi connectivity index (χ3v) is 3.66. The fraction of sp³-hybridized carbons (Fsp3) is 0.381. The zero-order valence-corrected chi connectivity index (χ0v) is 17.1. The fourth-order valence-electron chi connectivity index (χ4n) is 2.14. The zero-order valence-electron chi connectivity index (χ0n) is 17.1. The van der Waals surface area contributed by atoms with Crippen LogP contribution >= 0.6 is 0 Å². The van der Waals surface area contributed by atoms with Gasteiger partial charge in [0.15, 0.2) is 0 Å². The van der Waals surface area contributed by atoms with Crippen LogP contribution in [-0.4, -0.2) is 12.4 Å². The highest BCUT2D eigenvalue weighted by Gasteiger charge is 2.33. The van der Waals surface area contributed by atoms with Gasteiger partial charge in [-0.1, -0.05) is 24.3 Å². The first kappa shape index (κ1) is 23.7. The Bertz CT molecular complexity index is 761. The molecule has 28 heavy (non-hydrogen) atoms. The minimum atomic E-state index is -6.00. The average Bonchev–Trinajstić information content (AvgIpc) is 2.51. The van der Waals surface area contributed by atoms with Crippen molar-refractivity contribution < 1.29 is 26.8 Å². The van der Waals surface area contributed by atoms with Crippen molar-refractivity contribution in [1.82, 2.24) is 0 Å². The first-order chi connectivity index (χ1) is 12.6. The molecule has 0 bridgehead atoms. The van der Waals surface area contributed by atoms with Crippen molar-refractivity contribution in [3.63, 3.8) is 0 Å². The molecule has 1 aromatic heterocycles. The topological polar surface area (TPSA) is 31.5 Å². The molecule has 0 aliphatic rings. The van der Waals surface area contributed by atoms with Gasteiger partial charge in [0.25, 0.3) is 0 Å². The van der Waals surface area contributed by atoms with Crippen molar-refractivity contribution in [1.29, 1.82) is 0 Å². The van der Waals surface area contributed by atoms with E-state index in [1.807, 2.05) is 18.2 Å². The van der Waals surface area contributed by atoms with E-state index in [1.165, 1.54) is 0 Å². The standard InChI is InChI=1S/C21H26O2.BF4/c1-20(2,3)18-13-16(14-19(23-18)21(4,5)6)8-7-15-9-11-17(22)12-10-15;2-1(3,4)5/h7-14H,1-6H3;/q;-1/p+1/b8-7+;. The molecule has 2 aromatic rings. The Kier molecular flexibility index (Phi) is 7.46. The second-order valence-electron chi connectivity index (χ2n) is 8.54. The zero-order chi connectivity index (χ0) is 21.8. The van der Waals surface area contributed by atoms with E-state index in [2.05, 4.69) is 59.8 Å². The van der Waals surface area contributed by atoms with Gasteiger partial charge < -0.3 is 22.4 Å². The van der Waals surface area contributed by atoms with Gasteiger partial charge in [-0.05, 0) is 64.8 Å². The van der Waals surface area contributed by atoms with Crippen molar-refractivity contribution in [3.8, 4) is 5.75 Å². The number of hydrogen-bond acceptors (Lipinski definition) is 1. The molecule has 1 N–H and O–H groups in total. The number of aromatic hydroxyl groups is 1. The highest BCUT2D eigenvalue weighted by molar-refractivity contribution is 6.50. The minimum absolute atomic E-state index is 0.0393. The van der Waals surface area contributed by atoms with Crippen molar-refractivity contribution >= 4 is 19.4 Å². The van der Waals surface area contributed by atoms with Crippen LogP contribution in [0.1, 0.15) is 64.2 Å². The fourth-order valence-corrected chi connectivity index (χ4v) is 2.14. The molecule has 0 aliphatic carbocycles. The first-order valence-corrected chi connectivity index (χ1v) is 8.89. The average molecular weight is 398 g/mol. The molecule has 0 spiro atoms. The molecule has 1 aromatic carbocycles. The first-order valence-electron chi connectivity index (χ1n) is 8.89. The van der Waals surface area contributed by atoms with Crippen LogP contribution < -0.4 is 0 Å². The van der Waals surface area contributed by atoms with Crippen LogP contribution in [0.5, 0.6) is 5.75 Å². The lowest BCUT2D eigenvalue weighted by atomic mass is 9.88. The van der Waals surface area contributed by atoms with Gasteiger partial charge in [0, 0.05) is 12.1 Å². The van der Waals surface area contributed by atoms with E-state index >= 15 is 0 Å². The molecule has 0 radical (unpaired) electrons. The van der Waals surface area contributed by atoms with Crippen LogP contribution in [0.4, 0.5) is 17.3 Å². The Hall–Kier alpha value is -2.31. The van der Waals surface area contributed by atoms with Crippen LogP contribution in [0, 0.1) is 0 Å². The molecule has 2 rings (SSSR count). The summed E-state index contributed by atoms with van der Waals surface area (Å²) in [6.45, 7) is 13.0. The smallest absolute Gasteiger partial charge is 0.508 e. The largest absolute Gasteiger partial charge is 0.673 e. The van der Waals surface area contributed by atoms with Crippen molar-refractivity contribution in [2.75, 3.05) is 0 Å². The van der Waals surface area contributed by atoms with E-state index in [0.717, 1.165) is 22.6 Å². The summed E-state index contributed by atoms with van der Waals surface area (Å²) in [6, 6.07) is 11.4. The predicted molar refractivity (Wildman–Crippen MR) is 108 cm³/mol. The number of phenolic OH excluding ortho intramolecular Hbond substituents is 1. The molecule has 0 atom stereocenters. The van der Waals surface area contributed by atoms with Crippen LogP contribution in [0.15, 0.2) is 40.8 Å². The van der Waals surface area contributed by atoms with E-state index in [0.29, 0.717) is 0 Å². The van der Waals surface area contributed by atoms with E-state index < -0.39 is 7.25 Å². The summed E-state index contributed by atoms with van der Waals surface area (Å²) in [5.41, 5.74) is 2.10. The van der Waals surface area contributed by atoms with Gasteiger partial charge in [-0.25, -0.2) is 4.42 Å². The molecule has 0 saturated carbocycles. The summed E-state index contributed by atoms with van der Waals surface area (Å²) in [5.74, 6) is 2.25. The Balaban J connectivity index is 0.000000696. The predicted octanol–water partition coefficient (Wildman–Crippen LogP) is 7.33. The van der Waals surface area contributed by atoms with E-state index in [1.54, 1.807) is 12.1 Å². The molecule has 0 fully saturated rings. The number of halogens is 4. The molecule has 0 aliphatic heterocycles. The molecular formula is C21H27BF4O2. The highest BCUT2D eigenvalue weighted by Crippen LogP contribution is 2.31. The Morgan fingerprint density at radius 2 is 1.11 bits per heavy atom. The summed E-state index contributed by atoms with van der Waals surface area (Å²) in [6.07, 6.45) is 4.14. The number of benzene rings is 1. The maximum absolute atomic E-state index is 9.75. The van der Waals surface area contributed by atoms with Gasteiger partial charge in [-0.2, -0.15) is 0 Å². The second kappa shape index (κ2) is 8.80. The molecular weight excluding hydrogens is 371 g/mol. The Morgan fingerprint density at radius 3 is 1.46 bits per heavy atom. The molecule has 0 saturated heterocycles. The monoisotopic (exact) mass is 398 g/mol. The van der Waals surface area contributed by atoms with Crippen LogP contribution in [-0.2, 0) is 10.8 Å². The highest BCUT2D eigenvalue weighted by atomic mass is 19.5. The number of rotatable bonds is 2. The third-order valence-electron chi connectivity index (χ3n) is 3.66. The lowest BCUT2D eigenvalue weighted by Crippen LogP contribution is -2.16. The molecule has 0 unspecified atom stereocenters. The molecule has 7 heteroatoms. The van der Waals surface area contributed by atoms with Crippen LogP contribution in [0.3, 0.4) is 0 Å². The normalized spacial score (nSPS) is 12.6. The van der Waals surface area contributed by atoms with Crippen LogP contribution in [0.25, 0.3) is 12.2 Å². The second-order valence-corrected chi connectivity index (χ2v) is 8.54. The van der Waals surface area contributed by atoms with E-state index in [9.17, 15) is 22.4 Å². The van der Waals surface area contributed by atoms with Gasteiger partial charge in [0.2, 0.25) is 0 Å². The Morgan fingerprint density at radius 1 is 0.750 bits per heavy atom. The van der Waals surface area contributed by atoms with Gasteiger partial charge in [0.1, 0.15) is 5.75 Å². The quantitative estimate of drug-likeness (QED) is 0.326. The van der Waals surface area contributed by atoms with Crippen LogP contribution in [0.2, 0.25) is 0 Å². The minimum Gasteiger partial charge on any atom is -0.508 e. The van der Waals surface area contributed by atoms with Gasteiger partial charge >= 0.3 is 18.8 Å². The SMILES string of the molecule is CC(C)(C)c1cc(/C=C/c2ccc(O)cc2)cc(C(C)(C)C)[o+]1.F[B-](F)(F)F. The molecule has 154 valence electrons. The maximum atomic E-state index is 9.75. The summed E-state index contributed by atoms with van der Waals surface area (Å²) >= 11 is 0. The van der Waals surface area contributed by atoms with Gasteiger partial charge in [0.05, 0.1) is 10.8 Å². The van der Waals surface area contributed by atoms with E-state index in [4.69, 9.17) is 4.42 Å². The summed E-state index contributed by atoms with van der Waals surface area (Å²) < 4.78 is 45.1. The van der Waals surface area contributed by atoms with Crippen molar-refractivity contribution in [3.05, 3.63) is 59.0 Å². The summed E-state index contributed by atoms with van der Waals surface area (Å²) in [7, 11) is -6.00. The maximum Gasteiger partial charge on any atom is 0.673 e. The van der Waals surface area contributed by atoms with Gasteiger partial charge in [-0.15, -0.1) is 0 Å². The van der Waals surface area contributed by atoms with Crippen molar-refractivity contribution in [2.24, 2.45) is 0 Å². The van der Waals surface area contributed by atoms with Gasteiger partial charge in [-0.3, -0.25) is 0 Å². The summed E-state index contributed by atoms with van der Waals surface area (Å²) in [4.78, 5) is 0. The molecule has 1 heterocycles. The van der Waals surface area contributed by atoms with Crippen molar-refractivity contribution in [2.45, 2.75) is 52.4 Å². The Labute approximate surface area is 164 Å². The number of phenols is 1. The molecule has 2 nitrogen and oxygen atoms in total. The summed E-state index contributed by atoms with van der Waals surface area (Å²) in [5, 5.41) is 9.36. The third kappa shape index (κ3) is 9.06. The lowest BCUT2D eigenvalue weighted by Gasteiger charge is -2.14.